The first-order valence-electron chi connectivity index (χ1n) is 5.59. The smallest absolute Gasteiger partial charge is 0.0559 e. The van der Waals surface area contributed by atoms with Gasteiger partial charge in [-0.3, -0.25) is 4.98 Å². The summed E-state index contributed by atoms with van der Waals surface area (Å²) in [7, 11) is 0. The minimum Gasteiger partial charge on any atom is -0.378 e. The molecule has 1 N–H and O–H groups in total. The second-order valence-electron chi connectivity index (χ2n) is 3.83. The maximum Gasteiger partial charge on any atom is 0.0559 e. The Balaban J connectivity index is 2.05. The third kappa shape index (κ3) is 2.24. The van der Waals surface area contributed by atoms with E-state index < -0.39 is 0 Å². The molecule has 3 heteroatoms. The number of aryl methyl sites for hydroxylation is 2. The molecule has 0 saturated carbocycles. The van der Waals surface area contributed by atoms with E-state index >= 15 is 0 Å². The van der Waals surface area contributed by atoms with Crippen molar-refractivity contribution in [1.29, 1.82) is 0 Å². The van der Waals surface area contributed by atoms with Gasteiger partial charge in [0, 0.05) is 24.6 Å². The molecule has 2 heterocycles. The van der Waals surface area contributed by atoms with E-state index in [1.54, 1.807) is 0 Å². The first-order chi connectivity index (χ1) is 7.81. The summed E-state index contributed by atoms with van der Waals surface area (Å²) < 4.78 is 2.23. The van der Waals surface area contributed by atoms with Gasteiger partial charge in [0.2, 0.25) is 0 Å². The van der Waals surface area contributed by atoms with Gasteiger partial charge >= 0.3 is 0 Å². The van der Waals surface area contributed by atoms with Crippen LogP contribution in [0.4, 0.5) is 5.69 Å². The summed E-state index contributed by atoms with van der Waals surface area (Å²) in [6, 6.07) is 6.24. The molecule has 0 bridgehead atoms. The maximum atomic E-state index is 4.12. The van der Waals surface area contributed by atoms with E-state index in [9.17, 15) is 0 Å². The van der Waals surface area contributed by atoms with Crippen molar-refractivity contribution in [3.05, 3.63) is 48.0 Å². The van der Waals surface area contributed by atoms with Gasteiger partial charge in [-0.1, -0.05) is 0 Å². The van der Waals surface area contributed by atoms with Crippen molar-refractivity contribution in [3.8, 4) is 0 Å². The van der Waals surface area contributed by atoms with Crippen LogP contribution in [0.25, 0.3) is 0 Å². The highest BCUT2D eigenvalue weighted by atomic mass is 15.0. The van der Waals surface area contributed by atoms with Crippen molar-refractivity contribution < 1.29 is 0 Å². The van der Waals surface area contributed by atoms with Crippen LogP contribution >= 0.6 is 0 Å². The van der Waals surface area contributed by atoms with Gasteiger partial charge in [-0.2, -0.15) is 0 Å². The van der Waals surface area contributed by atoms with Gasteiger partial charge in [0.05, 0.1) is 18.4 Å². The summed E-state index contributed by atoms with van der Waals surface area (Å²) in [5.41, 5.74) is 3.63. The van der Waals surface area contributed by atoms with Gasteiger partial charge < -0.3 is 9.88 Å². The van der Waals surface area contributed by atoms with Crippen LogP contribution in [-0.2, 0) is 13.1 Å². The quantitative estimate of drug-likeness (QED) is 0.850. The number of hydrogen-bond donors (Lipinski definition) is 1. The van der Waals surface area contributed by atoms with Crippen LogP contribution in [0, 0.1) is 6.92 Å². The number of hydrogen-bond acceptors (Lipinski definition) is 2. The third-order valence-corrected chi connectivity index (χ3v) is 2.76. The maximum absolute atomic E-state index is 4.12. The van der Waals surface area contributed by atoms with Crippen molar-refractivity contribution >= 4 is 5.69 Å². The minimum atomic E-state index is 0.841. The standard InChI is InChI=1S/C13H17N3/c1-3-16-8-4-5-12(16)9-15-13-10-14-7-6-11(13)2/h4-8,10,15H,3,9H2,1-2H3. The highest BCUT2D eigenvalue weighted by molar-refractivity contribution is 5.48. The molecule has 3 nitrogen and oxygen atoms in total. The molecular formula is C13H17N3. The van der Waals surface area contributed by atoms with Gasteiger partial charge in [0.25, 0.3) is 0 Å². The SMILES string of the molecule is CCn1cccc1CNc1cnccc1C. The predicted molar refractivity (Wildman–Crippen MR) is 66.4 cm³/mol. The molecule has 2 aromatic heterocycles. The van der Waals surface area contributed by atoms with Crippen molar-refractivity contribution in [1.82, 2.24) is 9.55 Å². The lowest BCUT2D eigenvalue weighted by Crippen LogP contribution is -2.06. The highest BCUT2D eigenvalue weighted by Gasteiger charge is 2.00. The predicted octanol–water partition coefficient (Wildman–Crippen LogP) is 2.82. The Morgan fingerprint density at radius 1 is 1.38 bits per heavy atom. The molecule has 0 saturated heterocycles. The largest absolute Gasteiger partial charge is 0.378 e. The van der Waals surface area contributed by atoms with E-state index in [1.165, 1.54) is 11.3 Å². The molecule has 84 valence electrons. The normalized spacial score (nSPS) is 10.4. The second-order valence-corrected chi connectivity index (χ2v) is 3.83. The van der Waals surface area contributed by atoms with Crippen molar-refractivity contribution in [2.75, 3.05) is 5.32 Å². The monoisotopic (exact) mass is 215 g/mol. The van der Waals surface area contributed by atoms with Gasteiger partial charge in [0.15, 0.2) is 0 Å². The lowest BCUT2D eigenvalue weighted by Gasteiger charge is -2.10. The van der Waals surface area contributed by atoms with E-state index in [0.29, 0.717) is 0 Å². The summed E-state index contributed by atoms with van der Waals surface area (Å²) in [6.45, 7) is 6.09. The van der Waals surface area contributed by atoms with E-state index in [4.69, 9.17) is 0 Å². The molecule has 0 aliphatic heterocycles. The molecule has 0 aliphatic rings. The Hall–Kier alpha value is -1.77. The Labute approximate surface area is 96.1 Å². The summed E-state index contributed by atoms with van der Waals surface area (Å²) in [4.78, 5) is 4.12. The van der Waals surface area contributed by atoms with Crippen molar-refractivity contribution in [2.45, 2.75) is 26.9 Å². The zero-order valence-electron chi connectivity index (χ0n) is 9.77. The Morgan fingerprint density at radius 2 is 2.25 bits per heavy atom. The molecule has 0 unspecified atom stereocenters. The molecule has 2 rings (SSSR count). The van der Waals surface area contributed by atoms with Crippen LogP contribution < -0.4 is 5.32 Å². The van der Waals surface area contributed by atoms with Gasteiger partial charge in [-0.25, -0.2) is 0 Å². The number of nitrogens with zero attached hydrogens (tertiary/aromatic N) is 2. The van der Waals surface area contributed by atoms with Gasteiger partial charge in [0.1, 0.15) is 0 Å². The summed E-state index contributed by atoms with van der Waals surface area (Å²) in [5, 5.41) is 3.41. The van der Waals surface area contributed by atoms with Crippen LogP contribution in [0.5, 0.6) is 0 Å². The van der Waals surface area contributed by atoms with Crippen LogP contribution in [0.3, 0.4) is 0 Å². The Bertz CT molecular complexity index is 460. The molecule has 0 fully saturated rings. The Morgan fingerprint density at radius 3 is 3.00 bits per heavy atom. The summed E-state index contributed by atoms with van der Waals surface area (Å²) in [5.74, 6) is 0. The molecule has 2 aromatic rings. The fourth-order valence-electron chi connectivity index (χ4n) is 1.75. The Kier molecular flexibility index (Phi) is 3.25. The summed E-state index contributed by atoms with van der Waals surface area (Å²) >= 11 is 0. The molecule has 0 radical (unpaired) electrons. The molecular weight excluding hydrogens is 198 g/mol. The average molecular weight is 215 g/mol. The van der Waals surface area contributed by atoms with Gasteiger partial charge in [-0.15, -0.1) is 0 Å². The number of pyridine rings is 1. The number of rotatable bonds is 4. The fourth-order valence-corrected chi connectivity index (χ4v) is 1.75. The number of nitrogens with one attached hydrogen (secondary N) is 1. The molecule has 0 aliphatic carbocycles. The molecule has 0 atom stereocenters. The third-order valence-electron chi connectivity index (χ3n) is 2.76. The second kappa shape index (κ2) is 4.84. The lowest BCUT2D eigenvalue weighted by atomic mass is 10.2. The van der Waals surface area contributed by atoms with Gasteiger partial charge in [-0.05, 0) is 37.6 Å². The fraction of sp³-hybridized carbons (Fsp3) is 0.308. The minimum absolute atomic E-state index is 0.841. The van der Waals surface area contributed by atoms with Crippen molar-refractivity contribution in [3.63, 3.8) is 0 Å². The summed E-state index contributed by atoms with van der Waals surface area (Å²) in [6.07, 6.45) is 5.79. The van der Waals surface area contributed by atoms with E-state index in [0.717, 1.165) is 18.8 Å². The zero-order valence-corrected chi connectivity index (χ0v) is 9.77. The number of aromatic nitrogens is 2. The number of anilines is 1. The molecule has 0 spiro atoms. The molecule has 16 heavy (non-hydrogen) atoms. The van der Waals surface area contributed by atoms with Crippen LogP contribution in [0.2, 0.25) is 0 Å². The first kappa shape index (κ1) is 10.7. The van der Waals surface area contributed by atoms with E-state index in [1.807, 2.05) is 18.5 Å². The van der Waals surface area contributed by atoms with Crippen LogP contribution in [0.15, 0.2) is 36.8 Å². The van der Waals surface area contributed by atoms with E-state index in [-0.39, 0.29) is 0 Å². The van der Waals surface area contributed by atoms with Crippen LogP contribution in [-0.4, -0.2) is 9.55 Å². The first-order valence-corrected chi connectivity index (χ1v) is 5.59. The zero-order chi connectivity index (χ0) is 11.4. The average Bonchev–Trinajstić information content (AvgIpc) is 2.75. The molecule has 0 amide bonds. The highest BCUT2D eigenvalue weighted by Crippen LogP contribution is 2.13. The van der Waals surface area contributed by atoms with E-state index in [2.05, 4.69) is 47.0 Å². The lowest BCUT2D eigenvalue weighted by molar-refractivity contribution is 0.724. The van der Waals surface area contributed by atoms with Crippen LogP contribution in [0.1, 0.15) is 18.2 Å². The van der Waals surface area contributed by atoms with Crippen molar-refractivity contribution in [2.24, 2.45) is 0 Å². The molecule has 0 aromatic carbocycles. The topological polar surface area (TPSA) is 29.9 Å².